The fraction of sp³-hybridized carbons (Fsp3) is 0.357. The highest BCUT2D eigenvalue weighted by Crippen LogP contribution is 2.38. The van der Waals surface area contributed by atoms with Gasteiger partial charge in [0.2, 0.25) is 11.4 Å². The highest BCUT2D eigenvalue weighted by Gasteiger charge is 2.25. The average molecular weight is 274 g/mol. The Labute approximate surface area is 114 Å². The Kier molecular flexibility index (Phi) is 3.14. The Bertz CT molecular complexity index is 697. The van der Waals surface area contributed by atoms with Crippen LogP contribution < -0.4 is 5.56 Å². The highest BCUT2D eigenvalue weighted by molar-refractivity contribution is 5.89. The zero-order valence-electron chi connectivity index (χ0n) is 11.0. The Morgan fingerprint density at radius 2 is 2.30 bits per heavy atom. The minimum atomic E-state index is -0.547. The summed E-state index contributed by atoms with van der Waals surface area (Å²) in [7, 11) is 0. The summed E-state index contributed by atoms with van der Waals surface area (Å²) in [4.78, 5) is 30.1. The molecule has 2 aromatic heterocycles. The highest BCUT2D eigenvalue weighted by atomic mass is 16.5. The van der Waals surface area contributed by atoms with Gasteiger partial charge in [0.25, 0.3) is 0 Å². The third kappa shape index (κ3) is 2.79. The minimum Gasteiger partial charge on any atom is -0.452 e. The van der Waals surface area contributed by atoms with Crippen LogP contribution in [0, 0.1) is 6.92 Å². The van der Waals surface area contributed by atoms with E-state index in [9.17, 15) is 9.59 Å². The number of aromatic amines is 1. The van der Waals surface area contributed by atoms with E-state index in [1.54, 1.807) is 19.2 Å². The molecule has 20 heavy (non-hydrogen) atoms. The van der Waals surface area contributed by atoms with Gasteiger partial charge in [-0.3, -0.25) is 4.79 Å². The third-order valence-corrected chi connectivity index (χ3v) is 3.11. The lowest BCUT2D eigenvalue weighted by Gasteiger charge is -2.04. The van der Waals surface area contributed by atoms with E-state index in [0.29, 0.717) is 17.6 Å². The number of oxazole rings is 1. The molecule has 0 spiro atoms. The van der Waals surface area contributed by atoms with Crippen LogP contribution in [0.2, 0.25) is 0 Å². The summed E-state index contributed by atoms with van der Waals surface area (Å²) in [5.74, 6) is 0.810. The molecular formula is C14H14N2O4. The molecule has 0 bridgehead atoms. The molecule has 1 N–H and O–H groups in total. The molecule has 1 fully saturated rings. The second-order valence-electron chi connectivity index (χ2n) is 4.90. The predicted octanol–water partition coefficient (Wildman–Crippen LogP) is 1.91. The summed E-state index contributed by atoms with van der Waals surface area (Å²) in [6.07, 6.45) is 3.65. The van der Waals surface area contributed by atoms with E-state index in [-0.39, 0.29) is 17.7 Å². The van der Waals surface area contributed by atoms with Crippen molar-refractivity contribution in [3.63, 3.8) is 0 Å². The lowest BCUT2D eigenvalue weighted by molar-refractivity contribution is 0.0436. The summed E-state index contributed by atoms with van der Waals surface area (Å²) < 4.78 is 10.3. The Morgan fingerprint density at radius 1 is 1.50 bits per heavy atom. The van der Waals surface area contributed by atoms with Crippen molar-refractivity contribution in [2.45, 2.75) is 32.3 Å². The molecule has 1 saturated carbocycles. The molecule has 0 atom stereocenters. The smallest absolute Gasteiger partial charge is 0.338 e. The predicted molar refractivity (Wildman–Crippen MR) is 69.4 cm³/mol. The van der Waals surface area contributed by atoms with Crippen LogP contribution in [0.1, 0.15) is 46.5 Å². The van der Waals surface area contributed by atoms with Crippen molar-refractivity contribution in [2.24, 2.45) is 0 Å². The van der Waals surface area contributed by atoms with Crippen molar-refractivity contribution in [1.82, 2.24) is 9.97 Å². The first-order chi connectivity index (χ1) is 9.61. The normalized spacial score (nSPS) is 14.2. The lowest BCUT2D eigenvalue weighted by Crippen LogP contribution is -2.14. The number of hydrogen-bond acceptors (Lipinski definition) is 5. The molecule has 0 unspecified atom stereocenters. The van der Waals surface area contributed by atoms with Gasteiger partial charge in [-0.15, -0.1) is 0 Å². The maximum Gasteiger partial charge on any atom is 0.338 e. The maximum absolute atomic E-state index is 11.9. The number of pyridine rings is 1. The number of ether oxygens (including phenoxy) is 1. The van der Waals surface area contributed by atoms with Crippen molar-refractivity contribution >= 4 is 5.97 Å². The lowest BCUT2D eigenvalue weighted by atomic mass is 10.2. The van der Waals surface area contributed by atoms with Gasteiger partial charge in [-0.05, 0) is 31.7 Å². The van der Waals surface area contributed by atoms with Crippen molar-refractivity contribution in [1.29, 1.82) is 0 Å². The van der Waals surface area contributed by atoms with Crippen LogP contribution in [0.15, 0.2) is 27.5 Å². The third-order valence-electron chi connectivity index (χ3n) is 3.11. The summed E-state index contributed by atoms with van der Waals surface area (Å²) in [5, 5.41) is 0. The Balaban J connectivity index is 1.71. The summed E-state index contributed by atoms with van der Waals surface area (Å²) in [6.45, 7) is 1.72. The molecule has 3 rings (SSSR count). The van der Waals surface area contributed by atoms with Crippen LogP contribution in [0.5, 0.6) is 0 Å². The number of H-pyrrole nitrogens is 1. The minimum absolute atomic E-state index is 0.0434. The second-order valence-corrected chi connectivity index (χ2v) is 4.90. The zero-order valence-corrected chi connectivity index (χ0v) is 11.0. The quantitative estimate of drug-likeness (QED) is 0.861. The number of aromatic nitrogens is 2. The van der Waals surface area contributed by atoms with Gasteiger partial charge in [0.1, 0.15) is 5.76 Å². The topological polar surface area (TPSA) is 85.2 Å². The van der Waals surface area contributed by atoms with E-state index in [4.69, 9.17) is 9.15 Å². The fourth-order valence-corrected chi connectivity index (χ4v) is 1.98. The number of aryl methyl sites for hydroxylation is 1. The van der Waals surface area contributed by atoms with Crippen molar-refractivity contribution in [3.8, 4) is 0 Å². The van der Waals surface area contributed by atoms with Gasteiger partial charge in [-0.2, -0.15) is 0 Å². The van der Waals surface area contributed by atoms with Crippen molar-refractivity contribution in [3.05, 3.63) is 51.6 Å². The fourth-order valence-electron chi connectivity index (χ4n) is 1.98. The molecule has 0 saturated heterocycles. The Hall–Kier alpha value is -2.37. The van der Waals surface area contributed by atoms with E-state index in [2.05, 4.69) is 9.97 Å². The molecule has 1 aliphatic carbocycles. The maximum atomic E-state index is 11.9. The average Bonchev–Trinajstić information content (AvgIpc) is 3.19. The van der Waals surface area contributed by atoms with Crippen LogP contribution in [0.25, 0.3) is 0 Å². The summed E-state index contributed by atoms with van der Waals surface area (Å²) in [6, 6.07) is 2.93. The first-order valence-corrected chi connectivity index (χ1v) is 6.44. The summed E-state index contributed by atoms with van der Waals surface area (Å²) in [5.41, 5.74) is 0.781. The number of rotatable bonds is 4. The molecule has 104 valence electrons. The van der Waals surface area contributed by atoms with E-state index >= 15 is 0 Å². The molecular weight excluding hydrogens is 260 g/mol. The molecule has 2 aromatic rings. The molecule has 0 aliphatic heterocycles. The molecule has 0 radical (unpaired) electrons. The van der Waals surface area contributed by atoms with Gasteiger partial charge >= 0.3 is 5.97 Å². The van der Waals surface area contributed by atoms with Gasteiger partial charge in [0.15, 0.2) is 6.61 Å². The van der Waals surface area contributed by atoms with Crippen molar-refractivity contribution in [2.75, 3.05) is 0 Å². The number of carbonyl (C=O) groups is 1. The van der Waals surface area contributed by atoms with Gasteiger partial charge in [-0.1, -0.05) is 0 Å². The van der Waals surface area contributed by atoms with Crippen molar-refractivity contribution < 1.29 is 13.9 Å². The first-order valence-electron chi connectivity index (χ1n) is 6.44. The number of nitrogens with zero attached hydrogens (tertiary/aromatic N) is 1. The van der Waals surface area contributed by atoms with E-state index in [0.717, 1.165) is 18.5 Å². The van der Waals surface area contributed by atoms with Crippen LogP contribution in [-0.4, -0.2) is 15.9 Å². The van der Waals surface area contributed by atoms with Crippen LogP contribution in [-0.2, 0) is 11.3 Å². The molecule has 0 aromatic carbocycles. The molecule has 1 aliphatic rings. The van der Waals surface area contributed by atoms with Gasteiger partial charge < -0.3 is 14.1 Å². The van der Waals surface area contributed by atoms with E-state index < -0.39 is 5.97 Å². The number of carbonyl (C=O) groups excluding carboxylic acids is 1. The molecule has 0 amide bonds. The molecule has 6 nitrogen and oxygen atoms in total. The van der Waals surface area contributed by atoms with Gasteiger partial charge in [-0.25, -0.2) is 9.78 Å². The SMILES string of the molecule is Cc1cnc(COC(=O)c2cc(C3CC3)[nH]c(=O)c2)o1. The second kappa shape index (κ2) is 4.96. The monoisotopic (exact) mass is 274 g/mol. The summed E-state index contributed by atoms with van der Waals surface area (Å²) >= 11 is 0. The first kappa shape index (κ1) is 12.7. The van der Waals surface area contributed by atoms with Gasteiger partial charge in [0, 0.05) is 11.8 Å². The van der Waals surface area contributed by atoms with E-state index in [1.165, 1.54) is 6.07 Å². The number of esters is 1. The standard InChI is InChI=1S/C14H14N2O4/c1-8-6-15-13(20-8)7-19-14(18)10-4-11(9-2-3-9)16-12(17)5-10/h4-6,9H,2-3,7H2,1H3,(H,16,17). The zero-order chi connectivity index (χ0) is 14.1. The van der Waals surface area contributed by atoms with Gasteiger partial charge in [0.05, 0.1) is 11.8 Å². The number of hydrogen-bond donors (Lipinski definition) is 1. The molecule has 6 heteroatoms. The van der Waals surface area contributed by atoms with E-state index in [1.807, 2.05) is 0 Å². The number of nitrogens with one attached hydrogen (secondary N) is 1. The largest absolute Gasteiger partial charge is 0.452 e. The van der Waals surface area contributed by atoms with Crippen LogP contribution in [0.3, 0.4) is 0 Å². The van der Waals surface area contributed by atoms with Crippen LogP contribution in [0.4, 0.5) is 0 Å². The van der Waals surface area contributed by atoms with Crippen LogP contribution >= 0.6 is 0 Å². The molecule has 2 heterocycles. The Morgan fingerprint density at radius 3 is 2.95 bits per heavy atom.